The maximum Gasteiger partial charge on any atom is 0.119 e. The molecule has 0 N–H and O–H groups in total. The average molecular weight is 205 g/mol. The first-order valence-electron chi connectivity index (χ1n) is 5.16. The highest BCUT2D eigenvalue weighted by atomic mass is 16.5. The van der Waals surface area contributed by atoms with E-state index >= 15 is 0 Å². The quantitative estimate of drug-likeness (QED) is 0.685. The molecule has 0 aromatic heterocycles. The first kappa shape index (κ1) is 11.8. The van der Waals surface area contributed by atoms with E-state index < -0.39 is 0 Å². The van der Waals surface area contributed by atoms with Gasteiger partial charge in [-0.05, 0) is 39.2 Å². The molecule has 0 bridgehead atoms. The Hall–Kier alpha value is -1.28. The number of hydrogen-bond donors (Lipinski definition) is 0. The number of likely N-dealkylation sites (N-methyl/N-ethyl adjacent to an activating group) is 1. The summed E-state index contributed by atoms with van der Waals surface area (Å²) in [6, 6.07) is 9.88. The van der Waals surface area contributed by atoms with Gasteiger partial charge in [-0.1, -0.05) is 23.8 Å². The summed E-state index contributed by atoms with van der Waals surface area (Å²) in [5.74, 6) is 0.923. The summed E-state index contributed by atoms with van der Waals surface area (Å²) in [6.07, 6.45) is 2.12. The van der Waals surface area contributed by atoms with Crippen molar-refractivity contribution in [2.45, 2.75) is 6.92 Å². The summed E-state index contributed by atoms with van der Waals surface area (Å²) < 4.78 is 5.56. The molecule has 0 spiro atoms. The second kappa shape index (κ2) is 6.25. The third kappa shape index (κ3) is 5.23. The molecule has 2 nitrogen and oxygen atoms in total. The molecule has 0 fully saturated rings. The Morgan fingerprint density at radius 2 is 1.93 bits per heavy atom. The van der Waals surface area contributed by atoms with E-state index in [1.54, 1.807) is 0 Å². The highest BCUT2D eigenvalue weighted by Gasteiger charge is 1.93. The lowest BCUT2D eigenvalue weighted by molar-refractivity contribution is 0.360. The predicted molar refractivity (Wildman–Crippen MR) is 64.2 cm³/mol. The smallest absolute Gasteiger partial charge is 0.119 e. The van der Waals surface area contributed by atoms with E-state index in [4.69, 9.17) is 4.74 Å². The van der Waals surface area contributed by atoms with Gasteiger partial charge in [-0.25, -0.2) is 0 Å². The van der Waals surface area contributed by atoms with Crippen LogP contribution >= 0.6 is 0 Å². The van der Waals surface area contributed by atoms with E-state index in [0.29, 0.717) is 6.61 Å². The van der Waals surface area contributed by atoms with Crippen molar-refractivity contribution in [3.05, 3.63) is 42.0 Å². The maximum absolute atomic E-state index is 5.56. The van der Waals surface area contributed by atoms with Crippen LogP contribution in [0.25, 0.3) is 0 Å². The van der Waals surface area contributed by atoms with E-state index in [0.717, 1.165) is 12.3 Å². The van der Waals surface area contributed by atoms with E-state index in [1.807, 2.05) is 30.3 Å². The van der Waals surface area contributed by atoms with Crippen LogP contribution in [0, 0.1) is 0 Å². The third-order valence-electron chi connectivity index (χ3n) is 1.99. The van der Waals surface area contributed by atoms with Gasteiger partial charge in [0.1, 0.15) is 12.4 Å². The van der Waals surface area contributed by atoms with Gasteiger partial charge in [-0.3, -0.25) is 0 Å². The van der Waals surface area contributed by atoms with Crippen LogP contribution in [-0.2, 0) is 0 Å². The van der Waals surface area contributed by atoms with Crippen molar-refractivity contribution in [2.24, 2.45) is 0 Å². The molecule has 0 saturated carbocycles. The van der Waals surface area contributed by atoms with Crippen LogP contribution in [0.2, 0.25) is 0 Å². The number of hydrogen-bond acceptors (Lipinski definition) is 2. The lowest BCUT2D eigenvalue weighted by Gasteiger charge is -2.09. The Kier molecular flexibility index (Phi) is 4.91. The lowest BCUT2D eigenvalue weighted by atomic mass is 10.3. The molecule has 0 aliphatic heterocycles. The van der Waals surface area contributed by atoms with Crippen LogP contribution < -0.4 is 4.74 Å². The molecule has 1 rings (SSSR count). The van der Waals surface area contributed by atoms with Gasteiger partial charge in [-0.2, -0.15) is 0 Å². The van der Waals surface area contributed by atoms with Crippen molar-refractivity contribution in [2.75, 3.05) is 27.2 Å². The van der Waals surface area contributed by atoms with Gasteiger partial charge in [0.15, 0.2) is 0 Å². The zero-order valence-corrected chi connectivity index (χ0v) is 9.73. The first-order valence-corrected chi connectivity index (χ1v) is 5.16. The van der Waals surface area contributed by atoms with Gasteiger partial charge in [0.25, 0.3) is 0 Å². The fraction of sp³-hybridized carbons (Fsp3) is 0.385. The Labute approximate surface area is 92.2 Å². The average Bonchev–Trinajstić information content (AvgIpc) is 2.18. The zero-order valence-electron chi connectivity index (χ0n) is 9.73. The molecule has 0 aliphatic carbocycles. The van der Waals surface area contributed by atoms with Crippen molar-refractivity contribution in [1.82, 2.24) is 4.90 Å². The molecular weight excluding hydrogens is 186 g/mol. The summed E-state index contributed by atoms with van der Waals surface area (Å²) in [5, 5.41) is 0. The van der Waals surface area contributed by atoms with Gasteiger partial charge in [0.05, 0.1) is 0 Å². The van der Waals surface area contributed by atoms with Crippen LogP contribution in [0.1, 0.15) is 6.92 Å². The summed E-state index contributed by atoms with van der Waals surface area (Å²) in [6.45, 7) is 3.75. The molecule has 2 heteroatoms. The van der Waals surface area contributed by atoms with Crippen molar-refractivity contribution < 1.29 is 4.74 Å². The summed E-state index contributed by atoms with van der Waals surface area (Å²) in [4.78, 5) is 2.15. The normalized spacial score (nSPS) is 11.9. The molecule has 0 amide bonds. The molecule has 0 radical (unpaired) electrons. The second-order valence-corrected chi connectivity index (χ2v) is 3.91. The Morgan fingerprint density at radius 1 is 1.27 bits per heavy atom. The maximum atomic E-state index is 5.56. The van der Waals surface area contributed by atoms with Crippen LogP contribution in [-0.4, -0.2) is 32.1 Å². The van der Waals surface area contributed by atoms with E-state index in [2.05, 4.69) is 32.0 Å². The van der Waals surface area contributed by atoms with Gasteiger partial charge in [0, 0.05) is 6.54 Å². The minimum Gasteiger partial charge on any atom is -0.490 e. The number of para-hydroxylation sites is 1. The van der Waals surface area contributed by atoms with Crippen molar-refractivity contribution in [3.8, 4) is 5.75 Å². The minimum atomic E-state index is 0.643. The number of nitrogens with zero attached hydrogens (tertiary/aromatic N) is 1. The molecule has 15 heavy (non-hydrogen) atoms. The number of benzene rings is 1. The van der Waals surface area contributed by atoms with Gasteiger partial charge in [-0.15, -0.1) is 0 Å². The number of ether oxygens (including phenoxy) is 1. The lowest BCUT2D eigenvalue weighted by Crippen LogP contribution is -2.14. The second-order valence-electron chi connectivity index (χ2n) is 3.91. The van der Waals surface area contributed by atoms with Crippen LogP contribution in [0.4, 0.5) is 0 Å². The van der Waals surface area contributed by atoms with Gasteiger partial charge < -0.3 is 9.64 Å². The highest BCUT2D eigenvalue weighted by molar-refractivity contribution is 5.21. The fourth-order valence-electron chi connectivity index (χ4n) is 1.36. The fourth-order valence-corrected chi connectivity index (χ4v) is 1.36. The summed E-state index contributed by atoms with van der Waals surface area (Å²) in [5.41, 5.74) is 1.33. The molecule has 0 heterocycles. The van der Waals surface area contributed by atoms with E-state index in [1.165, 1.54) is 5.57 Å². The molecule has 0 unspecified atom stereocenters. The van der Waals surface area contributed by atoms with Crippen LogP contribution in [0.5, 0.6) is 5.75 Å². The Bertz CT molecular complexity index is 304. The molecule has 0 atom stereocenters. The molecular formula is C13H19NO. The topological polar surface area (TPSA) is 12.5 Å². The van der Waals surface area contributed by atoms with Gasteiger partial charge >= 0.3 is 0 Å². The van der Waals surface area contributed by atoms with E-state index in [9.17, 15) is 0 Å². The summed E-state index contributed by atoms with van der Waals surface area (Å²) >= 11 is 0. The SMILES string of the molecule is CC(=CCOc1ccccc1)CN(C)C. The van der Waals surface area contributed by atoms with Crippen molar-refractivity contribution in [3.63, 3.8) is 0 Å². The first-order chi connectivity index (χ1) is 7.18. The Balaban J connectivity index is 2.32. The van der Waals surface area contributed by atoms with Crippen molar-refractivity contribution in [1.29, 1.82) is 0 Å². The number of rotatable bonds is 5. The molecule has 1 aromatic rings. The predicted octanol–water partition coefficient (Wildman–Crippen LogP) is 2.57. The summed E-state index contributed by atoms with van der Waals surface area (Å²) in [7, 11) is 4.13. The molecule has 1 aromatic carbocycles. The standard InChI is InChI=1S/C13H19NO/c1-12(11-14(2)3)9-10-15-13-7-5-4-6-8-13/h4-9H,10-11H2,1-3H3. The minimum absolute atomic E-state index is 0.643. The largest absolute Gasteiger partial charge is 0.490 e. The van der Waals surface area contributed by atoms with E-state index in [-0.39, 0.29) is 0 Å². The van der Waals surface area contributed by atoms with Gasteiger partial charge in [0.2, 0.25) is 0 Å². The molecule has 0 aliphatic rings. The van der Waals surface area contributed by atoms with Crippen LogP contribution in [0.3, 0.4) is 0 Å². The molecule has 82 valence electrons. The van der Waals surface area contributed by atoms with Crippen molar-refractivity contribution >= 4 is 0 Å². The Morgan fingerprint density at radius 3 is 2.53 bits per heavy atom. The molecule has 0 saturated heterocycles. The zero-order chi connectivity index (χ0) is 11.1. The highest BCUT2D eigenvalue weighted by Crippen LogP contribution is 2.08. The third-order valence-corrected chi connectivity index (χ3v) is 1.99. The van der Waals surface area contributed by atoms with Crippen LogP contribution in [0.15, 0.2) is 42.0 Å². The monoisotopic (exact) mass is 205 g/mol.